The third-order valence-electron chi connectivity index (χ3n) is 1.40. The number of hydrogen-bond acceptors (Lipinski definition) is 0. The van der Waals surface area contributed by atoms with Gasteiger partial charge in [0.1, 0.15) is 0 Å². The molecule has 0 unspecified atom stereocenters. The van der Waals surface area contributed by atoms with Gasteiger partial charge in [0.25, 0.3) is 0 Å². The second-order valence-electron chi connectivity index (χ2n) is 3.92. The number of benzene rings is 1. The molecule has 0 amide bonds. The van der Waals surface area contributed by atoms with Crippen molar-refractivity contribution in [3.8, 4) is 0 Å². The maximum atomic E-state index is 2.41. The molecule has 0 bridgehead atoms. The van der Waals surface area contributed by atoms with Crippen LogP contribution in [0.25, 0.3) is 0 Å². The topological polar surface area (TPSA) is 0 Å². The minimum absolute atomic E-state index is 0. The molecule has 2 heteroatoms. The molecule has 0 atom stereocenters. The van der Waals surface area contributed by atoms with E-state index >= 15 is 0 Å². The van der Waals surface area contributed by atoms with Crippen LogP contribution in [0.15, 0.2) is 30.3 Å². The summed E-state index contributed by atoms with van der Waals surface area (Å²) in [7, 11) is -1.02. The van der Waals surface area contributed by atoms with Gasteiger partial charge in [-0.15, -0.1) is 12.1 Å². The molecule has 0 aliphatic carbocycles. The van der Waals surface area contributed by atoms with Crippen LogP contribution in [-0.2, 0) is 26.2 Å². The Morgan fingerprint density at radius 2 is 1.50 bits per heavy atom. The molecule has 12 heavy (non-hydrogen) atoms. The van der Waals surface area contributed by atoms with Crippen LogP contribution in [0.2, 0.25) is 19.6 Å². The minimum Gasteiger partial charge on any atom is -0.194 e. The van der Waals surface area contributed by atoms with E-state index in [0.717, 1.165) is 0 Å². The Morgan fingerprint density at radius 1 is 1.00 bits per heavy atom. The molecule has 1 aromatic carbocycles. The van der Waals surface area contributed by atoms with Crippen molar-refractivity contribution < 1.29 is 26.2 Å². The van der Waals surface area contributed by atoms with Gasteiger partial charge in [0.05, 0.1) is 0 Å². The summed E-state index contributed by atoms with van der Waals surface area (Å²) in [6.07, 6.45) is 0. The van der Waals surface area contributed by atoms with Crippen molar-refractivity contribution in [2.24, 2.45) is 0 Å². The van der Waals surface area contributed by atoms with Gasteiger partial charge in [-0.1, -0.05) is 25.7 Å². The average molecular weight is 255 g/mol. The van der Waals surface area contributed by atoms with E-state index < -0.39 is 8.07 Å². The van der Waals surface area contributed by atoms with Crippen LogP contribution in [-0.4, -0.2) is 8.07 Å². The molecule has 0 saturated heterocycles. The SMILES string of the molecule is C[Si](C)(C)[CH-]c1ccccc1.[Zr]. The van der Waals surface area contributed by atoms with Crippen molar-refractivity contribution in [3.63, 3.8) is 0 Å². The summed E-state index contributed by atoms with van der Waals surface area (Å²) in [4.78, 5) is 0. The molecule has 0 N–H and O–H groups in total. The first-order chi connectivity index (χ1) is 5.08. The summed E-state index contributed by atoms with van der Waals surface area (Å²) in [5, 5.41) is 0. The van der Waals surface area contributed by atoms with Gasteiger partial charge in [-0.2, -0.15) is 23.7 Å². The van der Waals surface area contributed by atoms with Gasteiger partial charge in [-0.05, 0) is 0 Å². The summed E-state index contributed by atoms with van der Waals surface area (Å²) in [5.74, 6) is 0. The smallest absolute Gasteiger partial charge is 0.00840 e. The standard InChI is InChI=1S/C10H15Si.Zr/c1-11(2,3)9-10-7-5-4-6-8-10;/h4-9H,1-3H3;/q-1;. The molecule has 0 spiro atoms. The second kappa shape index (κ2) is 5.04. The molecule has 0 aliphatic heterocycles. The Bertz CT molecular complexity index is 213. The molecule has 0 nitrogen and oxygen atoms in total. The zero-order chi connectivity index (χ0) is 8.32. The van der Waals surface area contributed by atoms with Crippen LogP contribution in [0, 0.1) is 6.04 Å². The van der Waals surface area contributed by atoms with E-state index in [2.05, 4.69) is 56.0 Å². The number of rotatable bonds is 2. The van der Waals surface area contributed by atoms with Crippen molar-refractivity contribution in [2.75, 3.05) is 0 Å². The van der Waals surface area contributed by atoms with Gasteiger partial charge in [0.15, 0.2) is 0 Å². The van der Waals surface area contributed by atoms with Gasteiger partial charge < -0.3 is 0 Å². The van der Waals surface area contributed by atoms with E-state index in [1.165, 1.54) is 5.56 Å². The molecule has 1 aromatic rings. The van der Waals surface area contributed by atoms with Gasteiger partial charge >= 0.3 is 0 Å². The molecular weight excluding hydrogens is 239 g/mol. The van der Waals surface area contributed by atoms with E-state index in [-0.39, 0.29) is 26.2 Å². The Labute approximate surface area is 95.5 Å². The summed E-state index contributed by atoms with van der Waals surface area (Å²) in [6, 6.07) is 13.0. The predicted molar refractivity (Wildman–Crippen MR) is 53.2 cm³/mol. The van der Waals surface area contributed by atoms with Crippen LogP contribution in [0.1, 0.15) is 5.56 Å². The monoisotopic (exact) mass is 253 g/mol. The number of hydrogen-bond donors (Lipinski definition) is 0. The summed E-state index contributed by atoms with van der Waals surface area (Å²) < 4.78 is 0. The molecular formula is C10H15SiZr-. The van der Waals surface area contributed by atoms with Crippen molar-refractivity contribution in [1.29, 1.82) is 0 Å². The summed E-state index contributed by atoms with van der Waals surface area (Å²) in [5.41, 5.74) is 1.37. The summed E-state index contributed by atoms with van der Waals surface area (Å²) in [6.45, 7) is 7.04. The molecule has 1 rings (SSSR count). The van der Waals surface area contributed by atoms with Gasteiger partial charge in [-0.25, -0.2) is 0 Å². The first kappa shape index (κ1) is 12.2. The van der Waals surface area contributed by atoms with E-state index in [9.17, 15) is 0 Å². The molecule has 0 saturated carbocycles. The van der Waals surface area contributed by atoms with Crippen LogP contribution in [0.3, 0.4) is 0 Å². The first-order valence-electron chi connectivity index (χ1n) is 3.99. The average Bonchev–Trinajstić information content (AvgIpc) is 1.85. The fourth-order valence-electron chi connectivity index (χ4n) is 1.05. The third-order valence-corrected chi connectivity index (χ3v) is 2.60. The van der Waals surface area contributed by atoms with Crippen LogP contribution >= 0.6 is 0 Å². The Morgan fingerprint density at radius 3 is 1.92 bits per heavy atom. The summed E-state index contributed by atoms with van der Waals surface area (Å²) >= 11 is 0. The van der Waals surface area contributed by atoms with Crippen LogP contribution < -0.4 is 0 Å². The molecule has 0 aliphatic rings. The minimum atomic E-state index is -1.02. The maximum absolute atomic E-state index is 2.41. The van der Waals surface area contributed by atoms with E-state index in [4.69, 9.17) is 0 Å². The third kappa shape index (κ3) is 4.95. The van der Waals surface area contributed by atoms with Gasteiger partial charge in [0.2, 0.25) is 0 Å². The zero-order valence-electron chi connectivity index (χ0n) is 7.96. The largest absolute Gasteiger partial charge is 0.194 e. The van der Waals surface area contributed by atoms with Crippen LogP contribution in [0.5, 0.6) is 0 Å². The van der Waals surface area contributed by atoms with Crippen molar-refractivity contribution in [2.45, 2.75) is 19.6 Å². The van der Waals surface area contributed by atoms with E-state index in [0.29, 0.717) is 0 Å². The predicted octanol–water partition coefficient (Wildman–Crippen LogP) is 3.11. The maximum Gasteiger partial charge on any atom is 0.00840 e. The Balaban J connectivity index is 0.00000121. The van der Waals surface area contributed by atoms with Crippen LogP contribution in [0.4, 0.5) is 0 Å². The Kier molecular flexibility index (Phi) is 5.12. The molecule has 0 heterocycles. The molecule has 0 aromatic heterocycles. The van der Waals surface area contributed by atoms with Crippen molar-refractivity contribution in [3.05, 3.63) is 41.9 Å². The van der Waals surface area contributed by atoms with Crippen molar-refractivity contribution in [1.82, 2.24) is 0 Å². The van der Waals surface area contributed by atoms with Crippen molar-refractivity contribution >= 4 is 8.07 Å². The second-order valence-corrected chi connectivity index (χ2v) is 8.94. The van der Waals surface area contributed by atoms with E-state index in [1.54, 1.807) is 0 Å². The van der Waals surface area contributed by atoms with Gasteiger partial charge in [0, 0.05) is 34.3 Å². The van der Waals surface area contributed by atoms with Gasteiger partial charge in [-0.3, -0.25) is 0 Å². The molecule has 64 valence electrons. The Hall–Kier alpha value is 0.190. The molecule has 0 fully saturated rings. The van der Waals surface area contributed by atoms with E-state index in [1.807, 2.05) is 0 Å². The first-order valence-corrected chi connectivity index (χ1v) is 7.57. The zero-order valence-corrected chi connectivity index (χ0v) is 11.4. The quantitative estimate of drug-likeness (QED) is 0.562. The fourth-order valence-corrected chi connectivity index (χ4v) is 2.24. The molecule has 0 radical (unpaired) electrons. The fraction of sp³-hybridized carbons (Fsp3) is 0.300. The normalized spacial score (nSPS) is 10.2.